The minimum absolute atomic E-state index is 0.112. The van der Waals surface area contributed by atoms with Gasteiger partial charge in [-0.3, -0.25) is 4.79 Å². The van der Waals surface area contributed by atoms with E-state index >= 15 is 0 Å². The number of benzene rings is 1. The van der Waals surface area contributed by atoms with Gasteiger partial charge in [0.1, 0.15) is 11.6 Å². The van der Waals surface area contributed by atoms with Crippen molar-refractivity contribution in [3.63, 3.8) is 0 Å². The lowest BCUT2D eigenvalue weighted by Crippen LogP contribution is -2.25. The Labute approximate surface area is 154 Å². The van der Waals surface area contributed by atoms with Crippen molar-refractivity contribution in [2.45, 2.75) is 32.1 Å². The Kier molecular flexibility index (Phi) is 6.25. The van der Waals surface area contributed by atoms with Gasteiger partial charge in [0.2, 0.25) is 5.91 Å². The Morgan fingerprint density at radius 3 is 2.77 bits per heavy atom. The number of aromatic nitrogens is 2. The number of ether oxygens (including phenoxy) is 1. The molecule has 5 nitrogen and oxygen atoms in total. The number of methoxy groups -OCH3 is 1. The molecule has 3 rings (SSSR count). The van der Waals surface area contributed by atoms with E-state index in [1.54, 1.807) is 7.11 Å². The highest BCUT2D eigenvalue weighted by Gasteiger charge is 2.05. The Morgan fingerprint density at radius 1 is 1.12 bits per heavy atom. The fourth-order valence-electron chi connectivity index (χ4n) is 2.99. The minimum atomic E-state index is 0.112. The van der Waals surface area contributed by atoms with Gasteiger partial charge >= 0.3 is 0 Å². The number of rotatable bonds is 9. The van der Waals surface area contributed by atoms with Crippen molar-refractivity contribution in [2.24, 2.45) is 0 Å². The highest BCUT2D eigenvalue weighted by atomic mass is 16.5. The molecule has 0 saturated heterocycles. The second-order valence-electron chi connectivity index (χ2n) is 6.33. The van der Waals surface area contributed by atoms with Crippen LogP contribution in [-0.2, 0) is 17.6 Å². The molecule has 0 aliphatic carbocycles. The van der Waals surface area contributed by atoms with Crippen molar-refractivity contribution in [1.82, 2.24) is 14.7 Å². The van der Waals surface area contributed by atoms with Gasteiger partial charge in [0, 0.05) is 25.6 Å². The average molecular weight is 351 g/mol. The van der Waals surface area contributed by atoms with Crippen LogP contribution in [0.15, 0.2) is 54.9 Å². The smallest absolute Gasteiger partial charge is 0.220 e. The first-order valence-electron chi connectivity index (χ1n) is 9.07. The van der Waals surface area contributed by atoms with Crippen molar-refractivity contribution in [3.05, 3.63) is 66.2 Å². The van der Waals surface area contributed by atoms with Crippen LogP contribution in [0.2, 0.25) is 0 Å². The summed E-state index contributed by atoms with van der Waals surface area (Å²) in [6.07, 6.45) is 8.04. The lowest BCUT2D eigenvalue weighted by atomic mass is 10.1. The van der Waals surface area contributed by atoms with Crippen LogP contribution in [0.4, 0.5) is 0 Å². The fourth-order valence-corrected chi connectivity index (χ4v) is 2.99. The standard InChI is InChI=1S/C21H25N3O2/c1-26-19-11-9-17(10-12-19)6-2-3-8-21(25)22-14-13-20-23-16-18-7-4-5-15-24(18)20/h4-5,7,9-12,15-16H,2-3,6,8,13-14H2,1H3,(H,22,25). The number of pyridine rings is 1. The quantitative estimate of drug-likeness (QED) is 0.601. The van der Waals surface area contributed by atoms with Gasteiger partial charge in [-0.25, -0.2) is 4.98 Å². The summed E-state index contributed by atoms with van der Waals surface area (Å²) in [5.74, 6) is 1.96. The number of hydrogen-bond donors (Lipinski definition) is 1. The van der Waals surface area contributed by atoms with Crippen LogP contribution in [0.3, 0.4) is 0 Å². The lowest BCUT2D eigenvalue weighted by Gasteiger charge is -2.06. The van der Waals surface area contributed by atoms with Gasteiger partial charge < -0.3 is 14.5 Å². The zero-order valence-electron chi connectivity index (χ0n) is 15.1. The highest BCUT2D eigenvalue weighted by Crippen LogP contribution is 2.13. The number of nitrogens with one attached hydrogen (secondary N) is 1. The average Bonchev–Trinajstić information content (AvgIpc) is 3.09. The van der Waals surface area contributed by atoms with Crippen molar-refractivity contribution in [2.75, 3.05) is 13.7 Å². The van der Waals surface area contributed by atoms with E-state index in [1.807, 2.05) is 42.7 Å². The molecule has 0 unspecified atom stereocenters. The normalized spacial score (nSPS) is 10.8. The van der Waals surface area contributed by atoms with Crippen LogP contribution in [-0.4, -0.2) is 28.9 Å². The third-order valence-corrected chi connectivity index (χ3v) is 4.46. The molecule has 0 radical (unpaired) electrons. The Morgan fingerprint density at radius 2 is 1.96 bits per heavy atom. The van der Waals surface area contributed by atoms with Crippen LogP contribution in [0.5, 0.6) is 5.75 Å². The summed E-state index contributed by atoms with van der Waals surface area (Å²) in [7, 11) is 1.67. The minimum Gasteiger partial charge on any atom is -0.497 e. The molecule has 136 valence electrons. The molecule has 1 N–H and O–H groups in total. The molecule has 2 aromatic heterocycles. The van der Waals surface area contributed by atoms with Crippen LogP contribution in [0, 0.1) is 0 Å². The zero-order chi connectivity index (χ0) is 18.2. The lowest BCUT2D eigenvalue weighted by molar-refractivity contribution is -0.121. The molecule has 5 heteroatoms. The number of hydrogen-bond acceptors (Lipinski definition) is 3. The van der Waals surface area contributed by atoms with E-state index in [-0.39, 0.29) is 5.91 Å². The van der Waals surface area contributed by atoms with E-state index in [2.05, 4.69) is 26.8 Å². The molecule has 0 spiro atoms. The number of amides is 1. The SMILES string of the molecule is COc1ccc(CCCCC(=O)NCCc2ncc3ccccn23)cc1. The van der Waals surface area contributed by atoms with Gasteiger partial charge in [0.15, 0.2) is 0 Å². The van der Waals surface area contributed by atoms with Gasteiger partial charge in [-0.05, 0) is 49.1 Å². The molecular weight excluding hydrogens is 326 g/mol. The Bertz CT molecular complexity index is 840. The fraction of sp³-hybridized carbons (Fsp3) is 0.333. The van der Waals surface area contributed by atoms with E-state index in [0.29, 0.717) is 13.0 Å². The number of fused-ring (bicyclic) bond motifs is 1. The molecule has 26 heavy (non-hydrogen) atoms. The van der Waals surface area contributed by atoms with Crippen molar-refractivity contribution in [3.8, 4) is 5.75 Å². The Hall–Kier alpha value is -2.82. The largest absolute Gasteiger partial charge is 0.497 e. The van der Waals surface area contributed by atoms with Crippen LogP contribution in [0.1, 0.15) is 30.7 Å². The number of unbranched alkanes of at least 4 members (excludes halogenated alkanes) is 1. The number of carbonyl (C=O) groups excluding carboxylic acids is 1. The number of imidazole rings is 1. The number of aryl methyl sites for hydroxylation is 1. The summed E-state index contributed by atoms with van der Waals surface area (Å²) < 4.78 is 7.21. The first kappa shape index (κ1) is 18.0. The monoisotopic (exact) mass is 351 g/mol. The predicted molar refractivity (Wildman–Crippen MR) is 102 cm³/mol. The molecule has 1 aromatic carbocycles. The second kappa shape index (κ2) is 9.04. The van der Waals surface area contributed by atoms with Crippen LogP contribution >= 0.6 is 0 Å². The molecule has 0 bridgehead atoms. The summed E-state index contributed by atoms with van der Waals surface area (Å²) in [4.78, 5) is 16.4. The third-order valence-electron chi connectivity index (χ3n) is 4.46. The summed E-state index contributed by atoms with van der Waals surface area (Å²) in [5, 5.41) is 2.99. The van der Waals surface area contributed by atoms with Gasteiger partial charge in [-0.15, -0.1) is 0 Å². The summed E-state index contributed by atoms with van der Waals surface area (Å²) in [5.41, 5.74) is 2.35. The maximum absolute atomic E-state index is 12.0. The topological polar surface area (TPSA) is 55.6 Å². The van der Waals surface area contributed by atoms with E-state index in [0.717, 1.165) is 42.8 Å². The Balaban J connectivity index is 1.33. The van der Waals surface area contributed by atoms with Gasteiger partial charge in [0.25, 0.3) is 0 Å². The zero-order valence-corrected chi connectivity index (χ0v) is 15.1. The van der Waals surface area contributed by atoms with E-state index < -0.39 is 0 Å². The number of nitrogens with zero attached hydrogens (tertiary/aromatic N) is 2. The molecule has 0 aliphatic heterocycles. The first-order chi connectivity index (χ1) is 12.8. The molecule has 2 heterocycles. The molecule has 0 aliphatic rings. The van der Waals surface area contributed by atoms with Crippen LogP contribution in [0.25, 0.3) is 5.52 Å². The van der Waals surface area contributed by atoms with Gasteiger partial charge in [0.05, 0.1) is 18.8 Å². The van der Waals surface area contributed by atoms with Gasteiger partial charge in [-0.2, -0.15) is 0 Å². The second-order valence-corrected chi connectivity index (χ2v) is 6.33. The van der Waals surface area contributed by atoms with E-state index in [1.165, 1.54) is 5.56 Å². The molecule has 0 fully saturated rings. The maximum atomic E-state index is 12.0. The molecular formula is C21H25N3O2. The van der Waals surface area contributed by atoms with Gasteiger partial charge in [-0.1, -0.05) is 18.2 Å². The highest BCUT2D eigenvalue weighted by molar-refractivity contribution is 5.75. The molecule has 0 saturated carbocycles. The summed E-state index contributed by atoms with van der Waals surface area (Å²) >= 11 is 0. The van der Waals surface area contributed by atoms with Crippen LogP contribution < -0.4 is 10.1 Å². The molecule has 1 amide bonds. The molecule has 3 aromatic rings. The molecule has 0 atom stereocenters. The van der Waals surface area contributed by atoms with Crippen molar-refractivity contribution >= 4 is 11.4 Å². The van der Waals surface area contributed by atoms with Crippen molar-refractivity contribution in [1.29, 1.82) is 0 Å². The van der Waals surface area contributed by atoms with E-state index in [4.69, 9.17) is 4.74 Å². The number of carbonyl (C=O) groups is 1. The summed E-state index contributed by atoms with van der Waals surface area (Å²) in [6, 6.07) is 14.1. The summed E-state index contributed by atoms with van der Waals surface area (Å²) in [6.45, 7) is 0.616. The van der Waals surface area contributed by atoms with E-state index in [9.17, 15) is 4.79 Å². The first-order valence-corrected chi connectivity index (χ1v) is 9.07. The maximum Gasteiger partial charge on any atom is 0.220 e. The van der Waals surface area contributed by atoms with Crippen molar-refractivity contribution < 1.29 is 9.53 Å². The predicted octanol–water partition coefficient (Wildman–Crippen LogP) is 3.41. The third kappa shape index (κ3) is 4.85.